The van der Waals surface area contributed by atoms with Gasteiger partial charge in [0.1, 0.15) is 0 Å². The Kier molecular flexibility index (Phi) is 12.2. The van der Waals surface area contributed by atoms with Crippen molar-refractivity contribution in [1.29, 1.82) is 0 Å². The molecule has 1 nitrogen and oxygen atoms in total. The molecule has 0 aromatic heterocycles. The highest BCUT2D eigenvalue weighted by Crippen LogP contribution is 2.32. The van der Waals surface area contributed by atoms with E-state index in [2.05, 4.69) is 13.8 Å². The summed E-state index contributed by atoms with van der Waals surface area (Å²) < 4.78 is 0. The Hall–Kier alpha value is -0.0400. The van der Waals surface area contributed by atoms with E-state index in [1.54, 1.807) is 0 Å². The summed E-state index contributed by atoms with van der Waals surface area (Å²) >= 11 is 0. The first kappa shape index (κ1) is 20.0. The van der Waals surface area contributed by atoms with Gasteiger partial charge in [0.2, 0.25) is 0 Å². The van der Waals surface area contributed by atoms with Crippen LogP contribution in [0, 0.1) is 11.8 Å². The molecule has 0 aromatic carbocycles. The zero-order valence-corrected chi connectivity index (χ0v) is 15.5. The molecule has 0 radical (unpaired) electrons. The third-order valence-corrected chi connectivity index (χ3v) is 5.87. The van der Waals surface area contributed by atoms with Gasteiger partial charge in [0.25, 0.3) is 0 Å². The third-order valence-electron chi connectivity index (χ3n) is 5.87. The number of hydrogen-bond donors (Lipinski definition) is 1. The first-order valence-corrected chi connectivity index (χ1v) is 10.5. The Morgan fingerprint density at radius 1 is 0.682 bits per heavy atom. The second-order valence-electron chi connectivity index (χ2n) is 7.73. The number of rotatable bonds is 12. The predicted octanol–water partition coefficient (Wildman–Crippen LogP) is 6.87. The predicted molar refractivity (Wildman–Crippen MR) is 98.2 cm³/mol. The first-order chi connectivity index (χ1) is 10.8. The van der Waals surface area contributed by atoms with Gasteiger partial charge in [-0.25, -0.2) is 0 Å². The molecule has 1 rings (SSSR count). The third kappa shape index (κ3) is 9.18. The van der Waals surface area contributed by atoms with E-state index in [1.165, 1.54) is 96.3 Å². The maximum atomic E-state index is 10.3. The fraction of sp³-hybridized carbons (Fsp3) is 1.00. The molecule has 22 heavy (non-hydrogen) atoms. The van der Waals surface area contributed by atoms with Gasteiger partial charge in [-0.1, -0.05) is 90.9 Å². The van der Waals surface area contributed by atoms with Crippen molar-refractivity contribution in [2.75, 3.05) is 0 Å². The van der Waals surface area contributed by atoms with Crippen molar-refractivity contribution in [3.63, 3.8) is 0 Å². The van der Waals surface area contributed by atoms with Gasteiger partial charge in [0, 0.05) is 0 Å². The lowest BCUT2D eigenvalue weighted by atomic mass is 9.90. The Labute approximate surface area is 140 Å². The molecule has 0 aliphatic heterocycles. The lowest BCUT2D eigenvalue weighted by Crippen LogP contribution is -2.18. The molecule has 0 bridgehead atoms. The van der Waals surface area contributed by atoms with Gasteiger partial charge in [0.05, 0.1) is 6.10 Å². The lowest BCUT2D eigenvalue weighted by Gasteiger charge is -2.20. The molecule has 132 valence electrons. The summed E-state index contributed by atoms with van der Waals surface area (Å²) in [4.78, 5) is 0. The molecule has 1 N–H and O–H groups in total. The van der Waals surface area contributed by atoms with Crippen molar-refractivity contribution in [2.24, 2.45) is 11.8 Å². The average Bonchev–Trinajstić information content (AvgIpc) is 2.71. The molecule has 1 aliphatic rings. The van der Waals surface area contributed by atoms with Crippen molar-refractivity contribution < 1.29 is 5.11 Å². The standard InChI is InChI=1S/C21H42O/c1-3-5-6-7-8-9-10-11-12-13-14-20-17-15-19(4-2)16-18-21(20)22/h19-22H,3-18H2,1-2H3. The SMILES string of the molecule is CCCCCCCCCCCCC1CCC(CC)CCC1O. The summed E-state index contributed by atoms with van der Waals surface area (Å²) in [5.41, 5.74) is 0. The normalized spacial score (nSPS) is 26.0. The fourth-order valence-electron chi connectivity index (χ4n) is 4.07. The molecule has 1 saturated carbocycles. The molecule has 0 saturated heterocycles. The molecule has 0 heterocycles. The van der Waals surface area contributed by atoms with Crippen LogP contribution in [-0.2, 0) is 0 Å². The first-order valence-electron chi connectivity index (χ1n) is 10.5. The van der Waals surface area contributed by atoms with Gasteiger partial charge in [-0.15, -0.1) is 0 Å². The van der Waals surface area contributed by atoms with Crippen molar-refractivity contribution in [3.05, 3.63) is 0 Å². The molecule has 1 aliphatic carbocycles. The summed E-state index contributed by atoms with van der Waals surface area (Å²) in [6.07, 6.45) is 21.6. The Morgan fingerprint density at radius 3 is 1.82 bits per heavy atom. The molecule has 3 unspecified atom stereocenters. The van der Waals surface area contributed by atoms with Crippen molar-refractivity contribution in [3.8, 4) is 0 Å². The topological polar surface area (TPSA) is 20.2 Å². The quantitative estimate of drug-likeness (QED) is 0.308. The molecule has 1 heteroatoms. The van der Waals surface area contributed by atoms with Gasteiger partial charge in [-0.05, 0) is 37.5 Å². The smallest absolute Gasteiger partial charge is 0.0568 e. The highest BCUT2D eigenvalue weighted by Gasteiger charge is 2.24. The minimum Gasteiger partial charge on any atom is -0.393 e. The molecule has 1 fully saturated rings. The summed E-state index contributed by atoms with van der Waals surface area (Å²) in [7, 11) is 0. The van der Waals surface area contributed by atoms with Crippen molar-refractivity contribution in [1.82, 2.24) is 0 Å². The Balaban J connectivity index is 1.95. The van der Waals surface area contributed by atoms with E-state index < -0.39 is 0 Å². The van der Waals surface area contributed by atoms with Crippen LogP contribution in [0.1, 0.15) is 117 Å². The van der Waals surface area contributed by atoms with E-state index in [0.29, 0.717) is 5.92 Å². The maximum Gasteiger partial charge on any atom is 0.0568 e. The van der Waals surface area contributed by atoms with Gasteiger partial charge >= 0.3 is 0 Å². The van der Waals surface area contributed by atoms with Crippen LogP contribution in [0.2, 0.25) is 0 Å². The van der Waals surface area contributed by atoms with Crippen LogP contribution in [0.5, 0.6) is 0 Å². The Bertz CT molecular complexity index is 238. The zero-order valence-electron chi connectivity index (χ0n) is 15.5. The fourth-order valence-corrected chi connectivity index (χ4v) is 4.07. The Morgan fingerprint density at radius 2 is 1.23 bits per heavy atom. The largest absolute Gasteiger partial charge is 0.393 e. The summed E-state index contributed by atoms with van der Waals surface area (Å²) in [6, 6.07) is 0. The molecular formula is C21H42O. The number of aliphatic hydroxyl groups excluding tert-OH is 1. The number of unbranched alkanes of at least 4 members (excludes halogenated alkanes) is 9. The van der Waals surface area contributed by atoms with Crippen LogP contribution in [0.4, 0.5) is 0 Å². The van der Waals surface area contributed by atoms with Crippen LogP contribution in [0.15, 0.2) is 0 Å². The summed E-state index contributed by atoms with van der Waals surface area (Å²) in [5.74, 6) is 1.48. The molecule has 0 amide bonds. The molecule has 0 aromatic rings. The van der Waals surface area contributed by atoms with Crippen LogP contribution < -0.4 is 0 Å². The van der Waals surface area contributed by atoms with E-state index in [9.17, 15) is 5.11 Å². The zero-order chi connectivity index (χ0) is 16.0. The monoisotopic (exact) mass is 310 g/mol. The van der Waals surface area contributed by atoms with Crippen molar-refractivity contribution in [2.45, 2.75) is 123 Å². The minimum absolute atomic E-state index is 0.00452. The highest BCUT2D eigenvalue weighted by atomic mass is 16.3. The molecule has 3 atom stereocenters. The van der Waals surface area contributed by atoms with Crippen LogP contribution >= 0.6 is 0 Å². The molecule has 0 spiro atoms. The van der Waals surface area contributed by atoms with Gasteiger partial charge in [0.15, 0.2) is 0 Å². The van der Waals surface area contributed by atoms with Crippen molar-refractivity contribution >= 4 is 0 Å². The van der Waals surface area contributed by atoms with Gasteiger partial charge in [-0.3, -0.25) is 0 Å². The van der Waals surface area contributed by atoms with Crippen LogP contribution in [-0.4, -0.2) is 11.2 Å². The number of aliphatic hydroxyl groups is 1. The van der Waals surface area contributed by atoms with E-state index in [1.807, 2.05) is 0 Å². The minimum atomic E-state index is -0.00452. The average molecular weight is 311 g/mol. The van der Waals surface area contributed by atoms with E-state index in [-0.39, 0.29) is 6.10 Å². The highest BCUT2D eigenvalue weighted by molar-refractivity contribution is 4.76. The van der Waals surface area contributed by atoms with E-state index in [0.717, 1.165) is 12.3 Å². The van der Waals surface area contributed by atoms with E-state index >= 15 is 0 Å². The van der Waals surface area contributed by atoms with Crippen LogP contribution in [0.25, 0.3) is 0 Å². The second kappa shape index (κ2) is 13.4. The summed E-state index contributed by atoms with van der Waals surface area (Å²) in [5, 5.41) is 10.3. The van der Waals surface area contributed by atoms with E-state index in [4.69, 9.17) is 0 Å². The lowest BCUT2D eigenvalue weighted by molar-refractivity contribution is 0.0939. The number of hydrogen-bond acceptors (Lipinski definition) is 1. The van der Waals surface area contributed by atoms with Crippen LogP contribution in [0.3, 0.4) is 0 Å². The summed E-state index contributed by atoms with van der Waals surface area (Å²) in [6.45, 7) is 4.59. The maximum absolute atomic E-state index is 10.3. The second-order valence-corrected chi connectivity index (χ2v) is 7.73. The molecular weight excluding hydrogens is 268 g/mol. The van der Waals surface area contributed by atoms with Gasteiger partial charge in [-0.2, -0.15) is 0 Å². The van der Waals surface area contributed by atoms with Gasteiger partial charge < -0.3 is 5.11 Å².